The summed E-state index contributed by atoms with van der Waals surface area (Å²) in [5, 5.41) is 15.1. The van der Waals surface area contributed by atoms with Gasteiger partial charge in [0.25, 0.3) is 5.56 Å². The Labute approximate surface area is 147 Å². The van der Waals surface area contributed by atoms with Gasteiger partial charge >= 0.3 is 11.9 Å². The van der Waals surface area contributed by atoms with Crippen molar-refractivity contribution in [2.24, 2.45) is 0 Å². The predicted molar refractivity (Wildman–Crippen MR) is 83.2 cm³/mol. The number of aromatic nitrogens is 6. The molecule has 2 atom stereocenters. The normalized spacial score (nSPS) is 19.6. The van der Waals surface area contributed by atoms with Gasteiger partial charge in [-0.15, -0.1) is 10.2 Å². The molecule has 2 radical (unpaired) electrons. The van der Waals surface area contributed by atoms with Gasteiger partial charge < -0.3 is 14.2 Å². The minimum atomic E-state index is -0.828. The van der Waals surface area contributed by atoms with Gasteiger partial charge in [-0.1, -0.05) is 10.4 Å². The number of hydrogen-bond donors (Lipinski definition) is 0. The van der Waals surface area contributed by atoms with Crippen LogP contribution in [0, 0.1) is 12.8 Å². The predicted octanol–water partition coefficient (Wildman–Crippen LogP) is -1.18. The maximum Gasteiger partial charge on any atom is 0.327 e. The number of rotatable bonds is 6. The van der Waals surface area contributed by atoms with Crippen LogP contribution in [0.25, 0.3) is 11.2 Å². The molecule has 138 valence electrons. The Morgan fingerprint density at radius 1 is 1.23 bits per heavy atom. The largest absolute Gasteiger partial charge is 0.465 e. The van der Waals surface area contributed by atoms with Crippen molar-refractivity contribution in [3.63, 3.8) is 0 Å². The van der Waals surface area contributed by atoms with E-state index in [1.807, 2.05) is 0 Å². The Bertz CT molecular complexity index is 876. The Morgan fingerprint density at radius 3 is 2.73 bits per heavy atom. The van der Waals surface area contributed by atoms with Gasteiger partial charge in [0.2, 0.25) is 5.65 Å². The summed E-state index contributed by atoms with van der Waals surface area (Å²) in [6.45, 7) is 2.92. The van der Waals surface area contributed by atoms with Crippen LogP contribution in [0.2, 0.25) is 0 Å². The van der Waals surface area contributed by atoms with E-state index in [-0.39, 0.29) is 30.9 Å². The molecule has 0 spiro atoms. The Morgan fingerprint density at radius 2 is 2.00 bits per heavy atom. The molecule has 0 aromatic carbocycles. The highest BCUT2D eigenvalue weighted by Gasteiger charge is 2.31. The van der Waals surface area contributed by atoms with Gasteiger partial charge in [-0.25, -0.2) is 4.68 Å². The lowest BCUT2D eigenvalue weighted by molar-refractivity contribution is -0.145. The second kappa shape index (κ2) is 7.56. The summed E-state index contributed by atoms with van der Waals surface area (Å²) >= 11 is 0. The number of ether oxygens (including phenoxy) is 3. The van der Waals surface area contributed by atoms with E-state index < -0.39 is 29.8 Å². The average molecular weight is 364 g/mol. The Balaban J connectivity index is 1.82. The average Bonchev–Trinajstić information content (AvgIpc) is 3.21. The number of carbonyl (C=O) groups is 2. The van der Waals surface area contributed by atoms with Gasteiger partial charge in [-0.05, 0) is 6.92 Å². The summed E-state index contributed by atoms with van der Waals surface area (Å²) in [5.41, 5.74) is -0.561. The van der Waals surface area contributed by atoms with Crippen LogP contribution in [-0.2, 0) is 30.3 Å². The van der Waals surface area contributed by atoms with Crippen LogP contribution < -0.4 is 5.56 Å². The molecule has 0 aliphatic carbocycles. The second-order valence-electron chi connectivity index (χ2n) is 5.32. The molecule has 1 fully saturated rings. The van der Waals surface area contributed by atoms with Crippen LogP contribution in [0.15, 0.2) is 4.79 Å². The highest BCUT2D eigenvalue weighted by molar-refractivity contribution is 5.73. The van der Waals surface area contributed by atoms with Crippen molar-refractivity contribution in [2.75, 3.05) is 13.2 Å². The van der Waals surface area contributed by atoms with Crippen molar-refractivity contribution in [1.29, 1.82) is 0 Å². The van der Waals surface area contributed by atoms with Gasteiger partial charge in [0, 0.05) is 19.8 Å². The van der Waals surface area contributed by atoms with E-state index in [2.05, 4.69) is 20.6 Å². The lowest BCUT2D eigenvalue weighted by Gasteiger charge is -2.14. The summed E-state index contributed by atoms with van der Waals surface area (Å²) in [7, 11) is 0. The van der Waals surface area contributed by atoms with E-state index in [0.717, 1.165) is 9.36 Å². The van der Waals surface area contributed by atoms with Crippen LogP contribution in [0.5, 0.6) is 0 Å². The molecule has 1 aliphatic heterocycles. The number of fused-ring (bicyclic) bond motifs is 1. The van der Waals surface area contributed by atoms with Gasteiger partial charge in [0.1, 0.15) is 13.2 Å². The van der Waals surface area contributed by atoms with E-state index in [0.29, 0.717) is 0 Å². The zero-order valence-electron chi connectivity index (χ0n) is 14.1. The number of esters is 2. The van der Waals surface area contributed by atoms with Crippen molar-refractivity contribution < 1.29 is 23.8 Å². The number of carbonyl (C=O) groups excluding carboxylic acids is 2. The molecule has 2 aromatic rings. The molecule has 12 nitrogen and oxygen atoms in total. The monoisotopic (exact) mass is 364 g/mol. The van der Waals surface area contributed by atoms with E-state index >= 15 is 0 Å². The van der Waals surface area contributed by atoms with Gasteiger partial charge in [-0.3, -0.25) is 14.4 Å². The van der Waals surface area contributed by atoms with Gasteiger partial charge in [-0.2, -0.15) is 4.68 Å². The standard InChI is InChI=1S/C14H16N6O6/c1-3-24-11(22)6-19-12-13(15-17-19)16-18-20(14(12)23)10-5-4-9(26-10)7-25-8(2)21/h4-5,9-10H,3,6-7H2,1-2H3. The molecule has 2 aromatic heterocycles. The molecule has 26 heavy (non-hydrogen) atoms. The van der Waals surface area contributed by atoms with Crippen molar-refractivity contribution in [1.82, 2.24) is 30.0 Å². The summed E-state index contributed by atoms with van der Waals surface area (Å²) in [5.74, 6) is -0.988. The first-order chi connectivity index (χ1) is 12.5. The third-order valence-electron chi connectivity index (χ3n) is 3.44. The lowest BCUT2D eigenvalue weighted by Crippen LogP contribution is -2.31. The molecule has 3 heterocycles. The van der Waals surface area contributed by atoms with Gasteiger partial charge in [0.15, 0.2) is 11.7 Å². The molecule has 1 saturated heterocycles. The van der Waals surface area contributed by atoms with Crippen molar-refractivity contribution in [3.8, 4) is 0 Å². The molecule has 0 saturated carbocycles. The molecule has 1 aliphatic rings. The second-order valence-corrected chi connectivity index (χ2v) is 5.32. The number of nitrogens with zero attached hydrogens (tertiary/aromatic N) is 6. The fraction of sp³-hybridized carbons (Fsp3) is 0.500. The highest BCUT2D eigenvalue weighted by Crippen LogP contribution is 2.24. The Kier molecular flexibility index (Phi) is 5.21. The van der Waals surface area contributed by atoms with E-state index in [9.17, 15) is 14.4 Å². The minimum Gasteiger partial charge on any atom is -0.465 e. The lowest BCUT2D eigenvalue weighted by atomic mass is 10.2. The molecule has 0 bridgehead atoms. The molecule has 2 unspecified atom stereocenters. The summed E-state index contributed by atoms with van der Waals surface area (Å²) in [6.07, 6.45) is 1.91. The van der Waals surface area contributed by atoms with Crippen LogP contribution in [-0.4, -0.2) is 61.2 Å². The first-order valence-electron chi connectivity index (χ1n) is 7.81. The third kappa shape index (κ3) is 3.69. The van der Waals surface area contributed by atoms with Crippen molar-refractivity contribution in [3.05, 3.63) is 23.2 Å². The maximum absolute atomic E-state index is 12.7. The smallest absolute Gasteiger partial charge is 0.327 e. The quantitative estimate of drug-likeness (QED) is 0.575. The topological polar surface area (TPSA) is 140 Å². The fourth-order valence-corrected chi connectivity index (χ4v) is 2.35. The van der Waals surface area contributed by atoms with Crippen molar-refractivity contribution >= 4 is 23.1 Å². The molecule has 12 heteroatoms. The van der Waals surface area contributed by atoms with Crippen LogP contribution in [0.1, 0.15) is 20.1 Å². The molecular weight excluding hydrogens is 348 g/mol. The van der Waals surface area contributed by atoms with E-state index in [1.54, 1.807) is 19.8 Å². The summed E-state index contributed by atoms with van der Waals surface area (Å²) in [4.78, 5) is 35.2. The number of hydrogen-bond acceptors (Lipinski definition) is 10. The third-order valence-corrected chi connectivity index (χ3v) is 3.44. The minimum absolute atomic E-state index is 0.00786. The van der Waals surface area contributed by atoms with E-state index in [4.69, 9.17) is 14.2 Å². The first-order valence-corrected chi connectivity index (χ1v) is 7.81. The summed E-state index contributed by atoms with van der Waals surface area (Å²) in [6, 6.07) is 0. The van der Waals surface area contributed by atoms with Crippen LogP contribution in [0.3, 0.4) is 0 Å². The van der Waals surface area contributed by atoms with Crippen LogP contribution >= 0.6 is 0 Å². The van der Waals surface area contributed by atoms with E-state index in [1.165, 1.54) is 6.92 Å². The molecule has 0 amide bonds. The van der Waals surface area contributed by atoms with Crippen LogP contribution in [0.4, 0.5) is 0 Å². The highest BCUT2D eigenvalue weighted by atomic mass is 16.6. The van der Waals surface area contributed by atoms with Crippen molar-refractivity contribution in [2.45, 2.75) is 32.7 Å². The fourth-order valence-electron chi connectivity index (χ4n) is 2.35. The SMILES string of the molecule is CCOC(=O)Cn1nnc2nnn(C3[CH][CH]C(COC(C)=O)O3)c(=O)c21. The zero-order valence-corrected chi connectivity index (χ0v) is 14.1. The molecule has 0 N–H and O–H groups in total. The van der Waals surface area contributed by atoms with Gasteiger partial charge in [0.05, 0.1) is 12.7 Å². The zero-order chi connectivity index (χ0) is 18.7. The maximum atomic E-state index is 12.7. The summed E-state index contributed by atoms with van der Waals surface area (Å²) < 4.78 is 17.4. The first kappa shape index (κ1) is 17.9. The molecular formula is C14H16N6O6. The molecule has 3 rings (SSSR count). The Hall–Kier alpha value is -2.89.